The molecule has 0 saturated heterocycles. The number of thioether (sulfide) groups is 1. The first-order chi connectivity index (χ1) is 9.28. The van der Waals surface area contributed by atoms with E-state index >= 15 is 0 Å². The molecule has 96 valence electrons. The highest BCUT2D eigenvalue weighted by atomic mass is 32.2. The van der Waals surface area contributed by atoms with Gasteiger partial charge in [-0.05, 0) is 42.8 Å². The van der Waals surface area contributed by atoms with Gasteiger partial charge in [0.25, 0.3) is 0 Å². The van der Waals surface area contributed by atoms with Crippen molar-refractivity contribution >= 4 is 17.5 Å². The van der Waals surface area contributed by atoms with E-state index in [0.717, 1.165) is 28.4 Å². The normalized spacial score (nSPS) is 13.9. The summed E-state index contributed by atoms with van der Waals surface area (Å²) in [6, 6.07) is 15.2. The van der Waals surface area contributed by atoms with Gasteiger partial charge in [-0.1, -0.05) is 30.8 Å². The third-order valence-electron chi connectivity index (χ3n) is 3.00. The SMILES string of the molecule is CCC1=C(c2ccc(O)cc2)Oc2ccccc2S1. The summed E-state index contributed by atoms with van der Waals surface area (Å²) < 4.78 is 6.04. The first-order valence-electron chi connectivity index (χ1n) is 6.25. The van der Waals surface area contributed by atoms with E-state index < -0.39 is 0 Å². The average Bonchev–Trinajstić information content (AvgIpc) is 2.46. The van der Waals surface area contributed by atoms with Crippen LogP contribution in [0.3, 0.4) is 0 Å². The van der Waals surface area contributed by atoms with Gasteiger partial charge in [0, 0.05) is 10.5 Å². The number of aromatic hydroxyl groups is 1. The molecule has 0 saturated carbocycles. The average molecular weight is 270 g/mol. The molecular formula is C16H14O2S. The Morgan fingerprint density at radius 2 is 1.79 bits per heavy atom. The highest BCUT2D eigenvalue weighted by Gasteiger charge is 2.20. The zero-order valence-electron chi connectivity index (χ0n) is 10.6. The molecule has 0 spiro atoms. The molecule has 1 aliphatic heterocycles. The first kappa shape index (κ1) is 12.2. The maximum absolute atomic E-state index is 9.37. The standard InChI is InChI=1S/C16H14O2S/c1-2-14-16(11-7-9-12(17)10-8-11)18-13-5-3-4-6-15(13)19-14/h3-10,17H,2H2,1H3. The Hall–Kier alpha value is -1.87. The van der Waals surface area contributed by atoms with E-state index in [0.29, 0.717) is 0 Å². The van der Waals surface area contributed by atoms with E-state index in [1.54, 1.807) is 23.9 Å². The van der Waals surface area contributed by atoms with Crippen molar-refractivity contribution in [3.63, 3.8) is 0 Å². The van der Waals surface area contributed by atoms with Crippen molar-refractivity contribution in [1.82, 2.24) is 0 Å². The molecule has 3 heteroatoms. The summed E-state index contributed by atoms with van der Waals surface area (Å²) in [5.74, 6) is 2.06. The van der Waals surface area contributed by atoms with Gasteiger partial charge in [0.2, 0.25) is 0 Å². The van der Waals surface area contributed by atoms with Crippen LogP contribution in [0.5, 0.6) is 11.5 Å². The van der Waals surface area contributed by atoms with E-state index in [1.165, 1.54) is 4.91 Å². The molecule has 0 unspecified atom stereocenters. The number of hydrogen-bond donors (Lipinski definition) is 1. The van der Waals surface area contributed by atoms with E-state index in [9.17, 15) is 5.11 Å². The van der Waals surface area contributed by atoms with E-state index in [-0.39, 0.29) is 5.75 Å². The molecule has 0 radical (unpaired) electrons. The van der Waals surface area contributed by atoms with Crippen molar-refractivity contribution in [3.8, 4) is 11.5 Å². The Morgan fingerprint density at radius 3 is 2.53 bits per heavy atom. The van der Waals surface area contributed by atoms with Gasteiger partial charge >= 0.3 is 0 Å². The van der Waals surface area contributed by atoms with Gasteiger partial charge in [-0.2, -0.15) is 0 Å². The van der Waals surface area contributed by atoms with Crippen molar-refractivity contribution in [2.75, 3.05) is 0 Å². The molecule has 1 heterocycles. The fourth-order valence-electron chi connectivity index (χ4n) is 2.03. The summed E-state index contributed by atoms with van der Waals surface area (Å²) in [5.41, 5.74) is 0.997. The summed E-state index contributed by atoms with van der Waals surface area (Å²) in [7, 11) is 0. The summed E-state index contributed by atoms with van der Waals surface area (Å²) in [6.45, 7) is 2.13. The van der Waals surface area contributed by atoms with Crippen molar-refractivity contribution in [1.29, 1.82) is 0 Å². The number of para-hydroxylation sites is 1. The molecule has 0 amide bonds. The summed E-state index contributed by atoms with van der Waals surface area (Å²) in [6.07, 6.45) is 0.926. The van der Waals surface area contributed by atoms with Crippen LogP contribution in [-0.2, 0) is 0 Å². The van der Waals surface area contributed by atoms with Gasteiger partial charge in [-0.3, -0.25) is 0 Å². The Morgan fingerprint density at radius 1 is 1.05 bits per heavy atom. The van der Waals surface area contributed by atoms with Crippen molar-refractivity contribution in [3.05, 3.63) is 59.0 Å². The minimum atomic E-state index is 0.270. The lowest BCUT2D eigenvalue weighted by Crippen LogP contribution is -2.03. The molecule has 2 aromatic rings. The minimum Gasteiger partial charge on any atom is -0.508 e. The molecular weight excluding hydrogens is 256 g/mol. The number of fused-ring (bicyclic) bond motifs is 1. The quantitative estimate of drug-likeness (QED) is 0.861. The smallest absolute Gasteiger partial charge is 0.144 e. The molecule has 1 N–H and O–H groups in total. The zero-order chi connectivity index (χ0) is 13.2. The lowest BCUT2D eigenvalue weighted by Gasteiger charge is -2.22. The molecule has 2 aromatic carbocycles. The number of hydrogen-bond acceptors (Lipinski definition) is 3. The summed E-state index contributed by atoms with van der Waals surface area (Å²) in [5, 5.41) is 9.37. The fraction of sp³-hybridized carbons (Fsp3) is 0.125. The first-order valence-corrected chi connectivity index (χ1v) is 7.07. The van der Waals surface area contributed by atoms with Crippen LogP contribution >= 0.6 is 11.8 Å². The Labute approximate surface area is 116 Å². The number of ether oxygens (including phenoxy) is 1. The van der Waals surface area contributed by atoms with Crippen LogP contribution in [0.2, 0.25) is 0 Å². The Kier molecular flexibility index (Phi) is 3.22. The number of phenolic OH excluding ortho intramolecular Hbond substituents is 1. The van der Waals surface area contributed by atoms with E-state index in [2.05, 4.69) is 13.0 Å². The monoisotopic (exact) mass is 270 g/mol. The fourth-order valence-corrected chi connectivity index (χ4v) is 3.05. The van der Waals surface area contributed by atoms with Crippen molar-refractivity contribution in [2.45, 2.75) is 18.2 Å². The molecule has 3 rings (SSSR count). The molecule has 0 aliphatic carbocycles. The van der Waals surface area contributed by atoms with Gasteiger partial charge in [-0.15, -0.1) is 0 Å². The second-order valence-corrected chi connectivity index (χ2v) is 5.44. The zero-order valence-corrected chi connectivity index (χ0v) is 11.4. The third-order valence-corrected chi connectivity index (χ3v) is 4.28. The second kappa shape index (κ2) is 5.02. The van der Waals surface area contributed by atoms with Crippen LogP contribution in [-0.4, -0.2) is 5.11 Å². The van der Waals surface area contributed by atoms with Gasteiger partial charge in [0.1, 0.15) is 17.3 Å². The predicted octanol–water partition coefficient (Wildman–Crippen LogP) is 4.66. The second-order valence-electron chi connectivity index (χ2n) is 4.30. The molecule has 0 aromatic heterocycles. The topological polar surface area (TPSA) is 29.5 Å². The third kappa shape index (κ3) is 2.34. The van der Waals surface area contributed by atoms with Crippen molar-refractivity contribution in [2.24, 2.45) is 0 Å². The number of allylic oxidation sites excluding steroid dienone is 1. The van der Waals surface area contributed by atoms with Gasteiger partial charge < -0.3 is 9.84 Å². The van der Waals surface area contributed by atoms with Gasteiger partial charge in [0.15, 0.2) is 0 Å². The maximum Gasteiger partial charge on any atom is 0.144 e. The minimum absolute atomic E-state index is 0.270. The number of benzene rings is 2. The highest BCUT2D eigenvalue weighted by Crippen LogP contribution is 2.45. The Bertz CT molecular complexity index is 629. The van der Waals surface area contributed by atoms with Gasteiger partial charge in [-0.25, -0.2) is 0 Å². The molecule has 1 aliphatic rings. The van der Waals surface area contributed by atoms with Crippen LogP contribution < -0.4 is 4.74 Å². The number of phenols is 1. The maximum atomic E-state index is 9.37. The van der Waals surface area contributed by atoms with Gasteiger partial charge in [0.05, 0.1) is 4.90 Å². The predicted molar refractivity (Wildman–Crippen MR) is 78.2 cm³/mol. The Balaban J connectivity index is 2.04. The lowest BCUT2D eigenvalue weighted by molar-refractivity contribution is 0.474. The highest BCUT2D eigenvalue weighted by molar-refractivity contribution is 8.03. The summed E-state index contributed by atoms with van der Waals surface area (Å²) >= 11 is 1.76. The van der Waals surface area contributed by atoms with Crippen LogP contribution in [0, 0.1) is 0 Å². The van der Waals surface area contributed by atoms with Crippen LogP contribution in [0.15, 0.2) is 58.3 Å². The lowest BCUT2D eigenvalue weighted by atomic mass is 10.1. The number of rotatable bonds is 2. The van der Waals surface area contributed by atoms with E-state index in [1.807, 2.05) is 30.3 Å². The molecule has 0 fully saturated rings. The molecule has 19 heavy (non-hydrogen) atoms. The molecule has 2 nitrogen and oxygen atoms in total. The molecule has 0 atom stereocenters. The van der Waals surface area contributed by atoms with E-state index in [4.69, 9.17) is 4.74 Å². The largest absolute Gasteiger partial charge is 0.508 e. The summed E-state index contributed by atoms with van der Waals surface area (Å²) in [4.78, 5) is 2.37. The van der Waals surface area contributed by atoms with Crippen molar-refractivity contribution < 1.29 is 9.84 Å². The van der Waals surface area contributed by atoms with Crippen LogP contribution in [0.4, 0.5) is 0 Å². The van der Waals surface area contributed by atoms with Crippen LogP contribution in [0.1, 0.15) is 18.9 Å². The van der Waals surface area contributed by atoms with Crippen LogP contribution in [0.25, 0.3) is 5.76 Å². The molecule has 0 bridgehead atoms.